The van der Waals surface area contributed by atoms with Gasteiger partial charge < -0.3 is 24.8 Å². The monoisotopic (exact) mass is 528 g/mol. The molecule has 32 heavy (non-hydrogen) atoms. The van der Waals surface area contributed by atoms with Gasteiger partial charge >= 0.3 is 5.97 Å². The average molecular weight is 530 g/mol. The fourth-order valence-corrected chi connectivity index (χ4v) is 6.61. The highest BCUT2D eigenvalue weighted by molar-refractivity contribution is 9.09. The summed E-state index contributed by atoms with van der Waals surface area (Å²) in [5, 5.41) is 12.6. The van der Waals surface area contributed by atoms with E-state index in [2.05, 4.69) is 21.2 Å². The fourth-order valence-electron chi connectivity index (χ4n) is 5.40. The second-order valence-corrected chi connectivity index (χ2v) is 10.0. The Hall–Kier alpha value is -1.68. The summed E-state index contributed by atoms with van der Waals surface area (Å²) in [4.78, 5) is 41.2. The van der Waals surface area contributed by atoms with Gasteiger partial charge in [-0.3, -0.25) is 14.4 Å². The van der Waals surface area contributed by atoms with E-state index in [1.165, 1.54) is 4.90 Å². The Kier molecular flexibility index (Phi) is 6.55. The van der Waals surface area contributed by atoms with Crippen LogP contribution >= 0.6 is 27.5 Å². The summed E-state index contributed by atoms with van der Waals surface area (Å²) in [5.74, 6) is -2.86. The van der Waals surface area contributed by atoms with Crippen LogP contribution in [0, 0.1) is 18.8 Å². The maximum Gasteiger partial charge on any atom is 0.312 e. The molecule has 10 heteroatoms. The number of hydrogen-bond donors (Lipinski definition) is 2. The van der Waals surface area contributed by atoms with Crippen molar-refractivity contribution in [3.8, 4) is 0 Å². The van der Waals surface area contributed by atoms with Crippen molar-refractivity contribution >= 4 is 51.0 Å². The molecule has 174 valence electrons. The van der Waals surface area contributed by atoms with Gasteiger partial charge in [0.05, 0.1) is 35.3 Å². The van der Waals surface area contributed by atoms with Gasteiger partial charge in [0.15, 0.2) is 0 Å². The zero-order chi connectivity index (χ0) is 23.2. The number of likely N-dealkylation sites (tertiary alicyclic amines) is 1. The summed E-state index contributed by atoms with van der Waals surface area (Å²) in [6.07, 6.45) is 0.147. The number of carbonyl (C=O) groups excluding carboxylic acids is 3. The molecule has 0 aliphatic carbocycles. The van der Waals surface area contributed by atoms with Crippen LogP contribution in [-0.2, 0) is 23.9 Å². The molecule has 0 saturated carbocycles. The molecule has 8 nitrogen and oxygen atoms in total. The second-order valence-electron chi connectivity index (χ2n) is 8.45. The number of aryl methyl sites for hydroxylation is 1. The summed E-state index contributed by atoms with van der Waals surface area (Å²) < 4.78 is 11.6. The van der Waals surface area contributed by atoms with Gasteiger partial charge in [-0.2, -0.15) is 0 Å². The molecule has 6 atom stereocenters. The first-order chi connectivity index (χ1) is 15.3. The number of alkyl halides is 1. The number of benzene rings is 1. The number of hydrogen-bond acceptors (Lipinski definition) is 6. The predicted octanol–water partition coefficient (Wildman–Crippen LogP) is 2.28. The molecule has 0 aromatic heterocycles. The lowest BCUT2D eigenvalue weighted by molar-refractivity contribution is -0.154. The predicted molar refractivity (Wildman–Crippen MR) is 121 cm³/mol. The third-order valence-corrected chi connectivity index (χ3v) is 7.78. The Morgan fingerprint density at radius 3 is 2.84 bits per heavy atom. The topological polar surface area (TPSA) is 105 Å². The normalized spacial score (nSPS) is 32.8. The second kappa shape index (κ2) is 8.93. The molecule has 3 unspecified atom stereocenters. The van der Waals surface area contributed by atoms with Crippen LogP contribution < -0.4 is 5.32 Å². The van der Waals surface area contributed by atoms with E-state index in [0.717, 1.165) is 5.56 Å². The first kappa shape index (κ1) is 23.5. The van der Waals surface area contributed by atoms with Crippen LogP contribution in [0.25, 0.3) is 0 Å². The SMILES string of the molecule is CCOC(=O)[C@H]1[C@H]2C(=O)N(CCCO)C(C(=O)Nc3c(C)cccc3Cl)C23CC(Br)[C@@H]1O3. The molecule has 0 radical (unpaired) electrons. The zero-order valence-electron chi connectivity index (χ0n) is 17.8. The van der Waals surface area contributed by atoms with E-state index in [1.54, 1.807) is 19.1 Å². The number of nitrogens with one attached hydrogen (secondary N) is 1. The van der Waals surface area contributed by atoms with Gasteiger partial charge in [-0.15, -0.1) is 0 Å². The molecular weight excluding hydrogens is 504 g/mol. The van der Waals surface area contributed by atoms with E-state index in [4.69, 9.17) is 21.1 Å². The first-order valence-corrected chi connectivity index (χ1v) is 12.0. The maximum atomic E-state index is 13.6. The van der Waals surface area contributed by atoms with Gasteiger partial charge in [-0.25, -0.2) is 0 Å². The van der Waals surface area contributed by atoms with Crippen molar-refractivity contribution in [2.45, 2.75) is 49.3 Å². The van der Waals surface area contributed by atoms with Gasteiger partial charge in [0.2, 0.25) is 11.8 Å². The number of rotatable bonds is 7. The number of ether oxygens (including phenoxy) is 2. The van der Waals surface area contributed by atoms with E-state index in [1.807, 2.05) is 13.0 Å². The highest BCUT2D eigenvalue weighted by Crippen LogP contribution is 2.60. The maximum absolute atomic E-state index is 13.6. The molecule has 1 aromatic rings. The minimum Gasteiger partial charge on any atom is -0.466 e. The summed E-state index contributed by atoms with van der Waals surface area (Å²) in [6, 6.07) is 4.33. The standard InChI is InChI=1S/C22H26BrClN2O6/c1-3-31-21(30)14-15-20(29)26(8-5-9-27)18(22(15)10-12(23)17(14)32-22)19(28)25-16-11(2)6-4-7-13(16)24/h4,6-7,12,14-15,17-18,27H,3,5,8-10H2,1-2H3,(H,25,28)/t12?,14-,15-,17-,18?,22?/m0/s1. The molecule has 3 heterocycles. The molecule has 4 rings (SSSR count). The molecule has 2 N–H and O–H groups in total. The fraction of sp³-hybridized carbons (Fsp3) is 0.591. The van der Waals surface area contributed by atoms with Gasteiger partial charge in [0, 0.05) is 18.0 Å². The van der Waals surface area contributed by atoms with Gasteiger partial charge in [-0.1, -0.05) is 39.7 Å². The number of anilines is 1. The number of aliphatic hydroxyl groups excluding tert-OH is 1. The Morgan fingerprint density at radius 2 is 2.19 bits per heavy atom. The number of halogens is 2. The Morgan fingerprint density at radius 1 is 1.44 bits per heavy atom. The molecule has 3 fully saturated rings. The number of fused-ring (bicyclic) bond motifs is 1. The Labute approximate surface area is 199 Å². The van der Waals surface area contributed by atoms with Crippen LogP contribution in [0.2, 0.25) is 5.02 Å². The van der Waals surface area contributed by atoms with Crippen LogP contribution in [0.1, 0.15) is 25.3 Å². The molecule has 3 aliphatic heterocycles. The summed E-state index contributed by atoms with van der Waals surface area (Å²) in [6.45, 7) is 3.76. The van der Waals surface area contributed by atoms with Gasteiger partial charge in [-0.05, 0) is 38.3 Å². The number of carbonyl (C=O) groups is 3. The van der Waals surface area contributed by atoms with Crippen molar-refractivity contribution in [3.63, 3.8) is 0 Å². The Bertz CT molecular complexity index is 925. The van der Waals surface area contributed by atoms with Crippen LogP contribution in [0.5, 0.6) is 0 Å². The van der Waals surface area contributed by atoms with Crippen LogP contribution in [0.4, 0.5) is 5.69 Å². The molecule has 2 amide bonds. The molecule has 1 spiro atoms. The summed E-state index contributed by atoms with van der Waals surface area (Å²) in [7, 11) is 0. The smallest absolute Gasteiger partial charge is 0.312 e. The third kappa shape index (κ3) is 3.54. The van der Waals surface area contributed by atoms with E-state index in [9.17, 15) is 19.5 Å². The minimum atomic E-state index is -1.16. The Balaban J connectivity index is 1.73. The van der Waals surface area contributed by atoms with Crippen molar-refractivity contribution < 1.29 is 29.0 Å². The molecule has 3 saturated heterocycles. The zero-order valence-corrected chi connectivity index (χ0v) is 20.2. The highest BCUT2D eigenvalue weighted by atomic mass is 79.9. The lowest BCUT2D eigenvalue weighted by atomic mass is 9.70. The number of nitrogens with zero attached hydrogens (tertiary/aromatic N) is 1. The average Bonchev–Trinajstić information content (AvgIpc) is 3.33. The van der Waals surface area contributed by atoms with Crippen LogP contribution in [0.15, 0.2) is 18.2 Å². The number of para-hydroxylation sites is 1. The van der Waals surface area contributed by atoms with Crippen molar-refractivity contribution in [1.29, 1.82) is 0 Å². The van der Waals surface area contributed by atoms with E-state index >= 15 is 0 Å². The first-order valence-electron chi connectivity index (χ1n) is 10.7. The van der Waals surface area contributed by atoms with Gasteiger partial charge in [0.1, 0.15) is 11.6 Å². The van der Waals surface area contributed by atoms with Crippen molar-refractivity contribution in [2.24, 2.45) is 11.8 Å². The van der Waals surface area contributed by atoms with Crippen molar-refractivity contribution in [1.82, 2.24) is 4.90 Å². The number of amides is 2. The quantitative estimate of drug-likeness (QED) is 0.415. The van der Waals surface area contributed by atoms with E-state index < -0.39 is 41.5 Å². The van der Waals surface area contributed by atoms with Crippen LogP contribution in [-0.4, -0.2) is 70.1 Å². The lowest BCUT2D eigenvalue weighted by Crippen LogP contribution is -2.54. The lowest BCUT2D eigenvalue weighted by Gasteiger charge is -2.34. The number of aliphatic hydroxyl groups is 1. The summed E-state index contributed by atoms with van der Waals surface area (Å²) >= 11 is 9.90. The summed E-state index contributed by atoms with van der Waals surface area (Å²) in [5.41, 5.74) is 0.0891. The van der Waals surface area contributed by atoms with E-state index in [-0.39, 0.29) is 30.5 Å². The van der Waals surface area contributed by atoms with Crippen molar-refractivity contribution in [3.05, 3.63) is 28.8 Å². The largest absolute Gasteiger partial charge is 0.466 e. The van der Waals surface area contributed by atoms with Gasteiger partial charge in [0.25, 0.3) is 0 Å². The molecular formula is C22H26BrClN2O6. The van der Waals surface area contributed by atoms with E-state index in [0.29, 0.717) is 23.6 Å². The van der Waals surface area contributed by atoms with Crippen LogP contribution in [0.3, 0.4) is 0 Å². The molecule has 3 aliphatic rings. The number of esters is 1. The third-order valence-electron chi connectivity index (χ3n) is 6.62. The molecule has 2 bridgehead atoms. The molecule has 1 aromatic carbocycles. The highest BCUT2D eigenvalue weighted by Gasteiger charge is 2.76. The minimum absolute atomic E-state index is 0.134. The van der Waals surface area contributed by atoms with Crippen molar-refractivity contribution in [2.75, 3.05) is 25.1 Å².